The number of hydrogen-bond donors (Lipinski definition) is 3. The molecular formula is C21H19N5O. The number of carbonyl (C=O) groups is 1. The van der Waals surface area contributed by atoms with Crippen molar-refractivity contribution < 1.29 is 4.79 Å². The van der Waals surface area contributed by atoms with Crippen molar-refractivity contribution >= 4 is 23.1 Å². The summed E-state index contributed by atoms with van der Waals surface area (Å²) >= 11 is 0. The molecule has 2 heterocycles. The number of carbonyl (C=O) groups excluding carboxylic acids is 1. The van der Waals surface area contributed by atoms with Gasteiger partial charge in [0.1, 0.15) is 12.0 Å². The number of anilines is 3. The average Bonchev–Trinajstić information content (AvgIpc) is 2.73. The molecule has 0 saturated carbocycles. The first-order chi connectivity index (χ1) is 13.3. The molecule has 3 N–H and O–H groups in total. The zero-order valence-corrected chi connectivity index (χ0v) is 14.6. The predicted molar refractivity (Wildman–Crippen MR) is 106 cm³/mol. The maximum atomic E-state index is 12.5. The summed E-state index contributed by atoms with van der Waals surface area (Å²) in [5, 5.41) is 9.40. The number of benzene rings is 2. The molecule has 134 valence electrons. The fourth-order valence-corrected chi connectivity index (χ4v) is 2.89. The molecule has 6 heteroatoms. The van der Waals surface area contributed by atoms with E-state index in [1.807, 2.05) is 60.8 Å². The van der Waals surface area contributed by atoms with E-state index in [2.05, 4.69) is 25.9 Å². The number of allylic oxidation sites excluding steroid dienone is 1. The molecule has 0 spiro atoms. The van der Waals surface area contributed by atoms with Gasteiger partial charge in [-0.3, -0.25) is 4.79 Å². The fourth-order valence-electron chi connectivity index (χ4n) is 2.89. The maximum absolute atomic E-state index is 12.5. The first-order valence-corrected chi connectivity index (χ1v) is 8.74. The number of aromatic nitrogens is 2. The first-order valence-electron chi connectivity index (χ1n) is 8.74. The van der Waals surface area contributed by atoms with Crippen LogP contribution in [0.1, 0.15) is 21.6 Å². The fraction of sp³-hybridized carbons (Fsp3) is 0.0952. The number of nitrogens with one attached hydrogen (secondary N) is 3. The van der Waals surface area contributed by atoms with E-state index in [0.717, 1.165) is 29.1 Å². The number of hydrogen-bond acceptors (Lipinski definition) is 5. The van der Waals surface area contributed by atoms with Crippen LogP contribution in [0.4, 0.5) is 17.2 Å². The molecule has 1 aliphatic rings. The quantitative estimate of drug-likeness (QED) is 0.650. The molecule has 0 saturated heterocycles. The van der Waals surface area contributed by atoms with Crippen LogP contribution in [0.2, 0.25) is 0 Å². The van der Waals surface area contributed by atoms with Gasteiger partial charge >= 0.3 is 0 Å². The monoisotopic (exact) mass is 357 g/mol. The van der Waals surface area contributed by atoms with Gasteiger partial charge in [-0.2, -0.15) is 0 Å². The third-order valence-electron chi connectivity index (χ3n) is 4.27. The Morgan fingerprint density at radius 1 is 1.07 bits per heavy atom. The van der Waals surface area contributed by atoms with Crippen molar-refractivity contribution in [1.29, 1.82) is 0 Å². The summed E-state index contributed by atoms with van der Waals surface area (Å²) < 4.78 is 0. The van der Waals surface area contributed by atoms with Gasteiger partial charge in [-0.15, -0.1) is 0 Å². The van der Waals surface area contributed by atoms with E-state index in [-0.39, 0.29) is 5.91 Å². The molecule has 1 amide bonds. The Bertz CT molecular complexity index is 985. The van der Waals surface area contributed by atoms with E-state index < -0.39 is 0 Å². The Hall–Kier alpha value is -3.67. The first kappa shape index (κ1) is 16.8. The Kier molecular flexibility index (Phi) is 4.78. The summed E-state index contributed by atoms with van der Waals surface area (Å²) in [4.78, 5) is 21.1. The van der Waals surface area contributed by atoms with Gasteiger partial charge in [0.05, 0.1) is 5.69 Å². The molecule has 1 aromatic heterocycles. The molecule has 3 aromatic rings. The van der Waals surface area contributed by atoms with Crippen molar-refractivity contribution in [3.05, 3.63) is 90.0 Å². The summed E-state index contributed by atoms with van der Waals surface area (Å²) in [6, 6.07) is 17.2. The summed E-state index contributed by atoms with van der Waals surface area (Å²) in [7, 11) is 0. The lowest BCUT2D eigenvalue weighted by molar-refractivity contribution is 0.0951. The second kappa shape index (κ2) is 7.70. The van der Waals surface area contributed by atoms with E-state index in [0.29, 0.717) is 17.9 Å². The Morgan fingerprint density at radius 2 is 1.96 bits per heavy atom. The van der Waals surface area contributed by atoms with Gasteiger partial charge in [-0.25, -0.2) is 9.97 Å². The molecule has 0 bridgehead atoms. The normalized spacial score (nSPS) is 12.0. The van der Waals surface area contributed by atoms with E-state index in [1.165, 1.54) is 0 Å². The van der Waals surface area contributed by atoms with Gasteiger partial charge in [0, 0.05) is 24.2 Å². The zero-order valence-electron chi connectivity index (χ0n) is 14.6. The van der Waals surface area contributed by atoms with Gasteiger partial charge in [-0.05, 0) is 30.0 Å². The van der Waals surface area contributed by atoms with E-state index >= 15 is 0 Å². The number of rotatable bonds is 5. The molecule has 6 nitrogen and oxygen atoms in total. The van der Waals surface area contributed by atoms with Crippen LogP contribution in [-0.2, 0) is 13.0 Å². The second-order valence-corrected chi connectivity index (χ2v) is 6.17. The summed E-state index contributed by atoms with van der Waals surface area (Å²) in [5.41, 5.74) is 4.24. The largest absolute Gasteiger partial charge is 0.357 e. The Morgan fingerprint density at radius 3 is 2.85 bits per heavy atom. The minimum Gasteiger partial charge on any atom is -0.357 e. The third kappa shape index (κ3) is 3.95. The van der Waals surface area contributed by atoms with Crippen LogP contribution in [0.5, 0.6) is 0 Å². The molecule has 0 aliphatic carbocycles. The van der Waals surface area contributed by atoms with Crippen LogP contribution in [0.25, 0.3) is 0 Å². The Labute approximate surface area is 157 Å². The van der Waals surface area contributed by atoms with Crippen LogP contribution >= 0.6 is 0 Å². The molecular weight excluding hydrogens is 338 g/mol. The highest BCUT2D eigenvalue weighted by atomic mass is 16.1. The van der Waals surface area contributed by atoms with E-state index in [9.17, 15) is 4.79 Å². The van der Waals surface area contributed by atoms with Crippen LogP contribution < -0.4 is 16.0 Å². The molecule has 2 aromatic carbocycles. The van der Waals surface area contributed by atoms with E-state index in [1.54, 1.807) is 12.4 Å². The van der Waals surface area contributed by atoms with Crippen LogP contribution in [0, 0.1) is 0 Å². The molecule has 0 atom stereocenters. The van der Waals surface area contributed by atoms with Gasteiger partial charge in [0.2, 0.25) is 0 Å². The van der Waals surface area contributed by atoms with Gasteiger partial charge in [0.15, 0.2) is 5.82 Å². The van der Waals surface area contributed by atoms with Crippen molar-refractivity contribution in [2.45, 2.75) is 13.0 Å². The van der Waals surface area contributed by atoms with Gasteiger partial charge < -0.3 is 16.0 Å². The number of amides is 1. The van der Waals surface area contributed by atoms with Crippen LogP contribution in [0.3, 0.4) is 0 Å². The lowest BCUT2D eigenvalue weighted by Gasteiger charge is -2.16. The van der Waals surface area contributed by atoms with Crippen LogP contribution in [0.15, 0.2) is 73.2 Å². The maximum Gasteiger partial charge on any atom is 0.251 e. The topological polar surface area (TPSA) is 78.9 Å². The van der Waals surface area contributed by atoms with Crippen molar-refractivity contribution in [3.63, 3.8) is 0 Å². The molecule has 4 rings (SSSR count). The standard InChI is InChI=1S/C21H19N5O/c27-21(23-13-15-6-2-1-3-7-15)16-8-4-9-17(12-16)26-20-19-18(24-14-25-20)10-5-11-22-19/h1-9,11-12,14,22H,10,13H2,(H,23,27)(H,24,25,26). The average molecular weight is 357 g/mol. The summed E-state index contributed by atoms with van der Waals surface area (Å²) in [5.74, 6) is 0.569. The van der Waals surface area contributed by atoms with Crippen molar-refractivity contribution in [2.24, 2.45) is 0 Å². The predicted octanol–water partition coefficient (Wildman–Crippen LogP) is 3.63. The van der Waals surface area contributed by atoms with Crippen molar-refractivity contribution in [1.82, 2.24) is 15.3 Å². The molecule has 1 aliphatic heterocycles. The minimum atomic E-state index is -0.117. The highest BCUT2D eigenvalue weighted by Crippen LogP contribution is 2.28. The van der Waals surface area contributed by atoms with Crippen molar-refractivity contribution in [2.75, 3.05) is 10.6 Å². The lowest BCUT2D eigenvalue weighted by Crippen LogP contribution is -2.22. The minimum absolute atomic E-state index is 0.117. The molecule has 0 fully saturated rings. The summed E-state index contributed by atoms with van der Waals surface area (Å²) in [6.07, 6.45) is 6.20. The second-order valence-electron chi connectivity index (χ2n) is 6.17. The zero-order chi connectivity index (χ0) is 18.5. The Balaban J connectivity index is 1.47. The molecule has 27 heavy (non-hydrogen) atoms. The van der Waals surface area contributed by atoms with E-state index in [4.69, 9.17) is 0 Å². The lowest BCUT2D eigenvalue weighted by atomic mass is 10.1. The molecule has 0 unspecified atom stereocenters. The number of fused-ring (bicyclic) bond motifs is 1. The molecule has 0 radical (unpaired) electrons. The third-order valence-corrected chi connectivity index (χ3v) is 4.27. The summed E-state index contributed by atoms with van der Waals surface area (Å²) in [6.45, 7) is 0.493. The van der Waals surface area contributed by atoms with Crippen LogP contribution in [-0.4, -0.2) is 15.9 Å². The van der Waals surface area contributed by atoms with Crippen molar-refractivity contribution in [3.8, 4) is 0 Å². The highest BCUT2D eigenvalue weighted by Gasteiger charge is 2.13. The smallest absolute Gasteiger partial charge is 0.251 e. The SMILES string of the molecule is O=C(NCc1ccccc1)c1cccc(Nc2ncnc3c2NC=CC3)c1. The van der Waals surface area contributed by atoms with Gasteiger partial charge in [-0.1, -0.05) is 42.5 Å². The number of nitrogens with zero attached hydrogens (tertiary/aromatic N) is 2. The van der Waals surface area contributed by atoms with Gasteiger partial charge in [0.25, 0.3) is 5.91 Å². The highest BCUT2D eigenvalue weighted by molar-refractivity contribution is 5.95.